The van der Waals surface area contributed by atoms with Crippen LogP contribution in [0.1, 0.15) is 57.7 Å². The Hall–Kier alpha value is -1.09. The molecule has 1 N–H and O–H groups in total. The Morgan fingerprint density at radius 1 is 1.32 bits per heavy atom. The normalized spacial score (nSPS) is 11.8. The van der Waals surface area contributed by atoms with E-state index in [0.29, 0.717) is 0 Å². The van der Waals surface area contributed by atoms with Crippen molar-refractivity contribution in [2.45, 2.75) is 72.0 Å². The van der Waals surface area contributed by atoms with E-state index in [0.717, 1.165) is 25.2 Å². The van der Waals surface area contributed by atoms with Crippen LogP contribution >= 0.6 is 0 Å². The summed E-state index contributed by atoms with van der Waals surface area (Å²) in [6.07, 6.45) is 8.98. The Kier molecular flexibility index (Phi) is 6.29. The second-order valence-corrected chi connectivity index (χ2v) is 6.24. The predicted octanol–water partition coefficient (Wildman–Crippen LogP) is 3.83. The van der Waals surface area contributed by atoms with Crippen LogP contribution in [0.25, 0.3) is 0 Å². The van der Waals surface area contributed by atoms with Gasteiger partial charge in [-0.25, -0.2) is 0 Å². The van der Waals surface area contributed by atoms with Gasteiger partial charge in [0.1, 0.15) is 0 Å². The lowest BCUT2D eigenvalue weighted by Crippen LogP contribution is -2.35. The lowest BCUT2D eigenvalue weighted by atomic mass is 10.1. The zero-order valence-corrected chi connectivity index (χ0v) is 13.0. The molecule has 108 valence electrons. The number of hydrogen-bond donors (Lipinski definition) is 1. The van der Waals surface area contributed by atoms with E-state index in [1.165, 1.54) is 24.8 Å². The molecular weight excluding hydrogens is 234 g/mol. The summed E-state index contributed by atoms with van der Waals surface area (Å²) in [5, 5.41) is 8.10. The molecule has 1 rings (SSSR count). The number of hydrogen-bond acceptors (Lipinski definition) is 2. The molecule has 0 amide bonds. The fourth-order valence-electron chi connectivity index (χ4n) is 1.95. The van der Waals surface area contributed by atoms with Crippen LogP contribution < -0.4 is 5.32 Å². The first kappa shape index (κ1) is 16.0. The lowest BCUT2D eigenvalue weighted by Gasteiger charge is -2.20. The van der Waals surface area contributed by atoms with Gasteiger partial charge >= 0.3 is 0 Å². The van der Waals surface area contributed by atoms with Crippen LogP contribution in [0, 0.1) is 6.92 Å². The van der Waals surface area contributed by atoms with Crippen LogP contribution in [0.5, 0.6) is 0 Å². The Balaban J connectivity index is 2.38. The molecule has 0 atom stereocenters. The Morgan fingerprint density at radius 3 is 2.68 bits per heavy atom. The van der Waals surface area contributed by atoms with Gasteiger partial charge in [-0.2, -0.15) is 5.10 Å². The van der Waals surface area contributed by atoms with Gasteiger partial charge in [-0.1, -0.05) is 12.5 Å². The molecule has 0 radical (unpaired) electrons. The molecule has 0 fully saturated rings. The molecule has 0 aliphatic heterocycles. The molecule has 0 unspecified atom stereocenters. The first-order valence-corrected chi connectivity index (χ1v) is 7.31. The number of nitrogens with zero attached hydrogens (tertiary/aromatic N) is 2. The lowest BCUT2D eigenvalue weighted by molar-refractivity contribution is 0.423. The smallest absolute Gasteiger partial charge is 0.0638 e. The number of allylic oxidation sites excluding steroid dienone is 1. The van der Waals surface area contributed by atoms with Gasteiger partial charge < -0.3 is 5.32 Å². The maximum Gasteiger partial charge on any atom is 0.0638 e. The third-order valence-electron chi connectivity index (χ3n) is 3.15. The summed E-state index contributed by atoms with van der Waals surface area (Å²) in [6, 6.07) is 0. The van der Waals surface area contributed by atoms with E-state index in [-0.39, 0.29) is 5.54 Å². The van der Waals surface area contributed by atoms with Crippen LogP contribution in [-0.4, -0.2) is 15.3 Å². The quantitative estimate of drug-likeness (QED) is 0.570. The number of aromatic nitrogens is 2. The van der Waals surface area contributed by atoms with E-state index in [9.17, 15) is 0 Å². The second-order valence-electron chi connectivity index (χ2n) is 6.24. The van der Waals surface area contributed by atoms with Gasteiger partial charge in [0.05, 0.1) is 5.69 Å². The van der Waals surface area contributed by atoms with E-state index in [1.807, 2.05) is 6.08 Å². The van der Waals surface area contributed by atoms with Crippen molar-refractivity contribution in [1.29, 1.82) is 0 Å². The van der Waals surface area contributed by atoms with Crippen LogP contribution in [0.15, 0.2) is 18.9 Å². The zero-order valence-electron chi connectivity index (χ0n) is 13.0. The SMILES string of the molecule is C=CCCCCCn1cc(CNC(C)(C)C)c(C)n1. The van der Waals surface area contributed by atoms with Crippen molar-refractivity contribution in [2.24, 2.45) is 0 Å². The third-order valence-corrected chi connectivity index (χ3v) is 3.15. The molecule has 0 saturated carbocycles. The summed E-state index contributed by atoms with van der Waals surface area (Å²) >= 11 is 0. The maximum absolute atomic E-state index is 4.59. The second kappa shape index (κ2) is 7.49. The van der Waals surface area contributed by atoms with Crippen LogP contribution in [-0.2, 0) is 13.1 Å². The molecule has 0 aromatic carbocycles. The zero-order chi connectivity index (χ0) is 14.3. The van der Waals surface area contributed by atoms with Gasteiger partial charge in [-0.3, -0.25) is 4.68 Å². The van der Waals surface area contributed by atoms with Gasteiger partial charge in [0.15, 0.2) is 0 Å². The van der Waals surface area contributed by atoms with Gasteiger partial charge in [0.2, 0.25) is 0 Å². The first-order chi connectivity index (χ1) is 8.92. The van der Waals surface area contributed by atoms with Gasteiger partial charge in [-0.05, 0) is 47.0 Å². The van der Waals surface area contributed by atoms with E-state index in [2.05, 4.69) is 55.6 Å². The highest BCUT2D eigenvalue weighted by Crippen LogP contribution is 2.10. The summed E-state index contributed by atoms with van der Waals surface area (Å²) in [5.41, 5.74) is 2.60. The highest BCUT2D eigenvalue weighted by Gasteiger charge is 2.11. The molecule has 19 heavy (non-hydrogen) atoms. The number of rotatable bonds is 8. The summed E-state index contributed by atoms with van der Waals surface area (Å²) in [4.78, 5) is 0. The number of unbranched alkanes of at least 4 members (excludes halogenated alkanes) is 3. The van der Waals surface area contributed by atoms with Crippen molar-refractivity contribution in [1.82, 2.24) is 15.1 Å². The van der Waals surface area contributed by atoms with Crippen LogP contribution in [0.3, 0.4) is 0 Å². The minimum absolute atomic E-state index is 0.152. The molecule has 1 aromatic rings. The van der Waals surface area contributed by atoms with Crippen molar-refractivity contribution in [3.8, 4) is 0 Å². The standard InChI is InChI=1S/C16H29N3/c1-6-7-8-9-10-11-19-13-15(14(2)18-19)12-17-16(3,4)5/h6,13,17H,1,7-12H2,2-5H3. The highest BCUT2D eigenvalue weighted by atomic mass is 15.3. The Morgan fingerprint density at radius 2 is 2.05 bits per heavy atom. The van der Waals surface area contributed by atoms with Crippen molar-refractivity contribution in [3.05, 3.63) is 30.1 Å². The van der Waals surface area contributed by atoms with Gasteiger partial charge in [0, 0.05) is 30.4 Å². The van der Waals surface area contributed by atoms with E-state index in [1.54, 1.807) is 0 Å². The highest BCUT2D eigenvalue weighted by molar-refractivity contribution is 5.15. The molecule has 0 bridgehead atoms. The molecular formula is C16H29N3. The summed E-state index contributed by atoms with van der Waals surface area (Å²) in [5.74, 6) is 0. The molecule has 1 heterocycles. The molecule has 0 spiro atoms. The van der Waals surface area contributed by atoms with Crippen LogP contribution in [0.2, 0.25) is 0 Å². The predicted molar refractivity (Wildman–Crippen MR) is 82.2 cm³/mol. The number of nitrogens with one attached hydrogen (secondary N) is 1. The van der Waals surface area contributed by atoms with Crippen molar-refractivity contribution in [3.63, 3.8) is 0 Å². The molecule has 3 nitrogen and oxygen atoms in total. The molecule has 1 aromatic heterocycles. The fraction of sp³-hybridized carbons (Fsp3) is 0.688. The molecule has 0 saturated heterocycles. The Labute approximate surface area is 118 Å². The van der Waals surface area contributed by atoms with E-state index in [4.69, 9.17) is 0 Å². The number of aryl methyl sites for hydroxylation is 2. The topological polar surface area (TPSA) is 29.9 Å². The average molecular weight is 263 g/mol. The molecule has 0 aliphatic rings. The van der Waals surface area contributed by atoms with Crippen molar-refractivity contribution < 1.29 is 0 Å². The van der Waals surface area contributed by atoms with Gasteiger partial charge in [0.25, 0.3) is 0 Å². The van der Waals surface area contributed by atoms with Crippen molar-refractivity contribution >= 4 is 0 Å². The molecule has 3 heteroatoms. The fourth-order valence-corrected chi connectivity index (χ4v) is 1.95. The first-order valence-electron chi connectivity index (χ1n) is 7.31. The Bertz CT molecular complexity index is 385. The minimum Gasteiger partial charge on any atom is -0.308 e. The summed E-state index contributed by atoms with van der Waals surface area (Å²) < 4.78 is 2.09. The largest absolute Gasteiger partial charge is 0.308 e. The monoisotopic (exact) mass is 263 g/mol. The average Bonchev–Trinajstić information content (AvgIpc) is 2.66. The molecule has 0 aliphatic carbocycles. The maximum atomic E-state index is 4.59. The van der Waals surface area contributed by atoms with Crippen LogP contribution in [0.4, 0.5) is 0 Å². The van der Waals surface area contributed by atoms with Gasteiger partial charge in [-0.15, -0.1) is 6.58 Å². The van der Waals surface area contributed by atoms with Crippen molar-refractivity contribution in [2.75, 3.05) is 0 Å². The minimum atomic E-state index is 0.152. The summed E-state index contributed by atoms with van der Waals surface area (Å²) in [6.45, 7) is 14.3. The van der Waals surface area contributed by atoms with E-state index >= 15 is 0 Å². The summed E-state index contributed by atoms with van der Waals surface area (Å²) in [7, 11) is 0. The third kappa shape index (κ3) is 6.58. The van der Waals surface area contributed by atoms with E-state index < -0.39 is 0 Å².